The third kappa shape index (κ3) is 3.20. The minimum atomic E-state index is 0.721. The molecule has 0 aromatic carbocycles. The first kappa shape index (κ1) is 14.0. The zero-order valence-electron chi connectivity index (χ0n) is 12.6. The summed E-state index contributed by atoms with van der Waals surface area (Å²) in [7, 11) is 0. The summed E-state index contributed by atoms with van der Waals surface area (Å²) in [5, 5.41) is 12.4. The predicted molar refractivity (Wildman–Crippen MR) is 79.6 cm³/mol. The van der Waals surface area contributed by atoms with Gasteiger partial charge < -0.3 is 9.88 Å². The van der Waals surface area contributed by atoms with E-state index in [0.29, 0.717) is 0 Å². The molecule has 0 aliphatic carbocycles. The van der Waals surface area contributed by atoms with Crippen LogP contribution in [0.15, 0.2) is 0 Å². The van der Waals surface area contributed by atoms with Crippen molar-refractivity contribution < 1.29 is 0 Å². The summed E-state index contributed by atoms with van der Waals surface area (Å²) in [5.41, 5.74) is 0. The molecule has 2 aliphatic heterocycles. The van der Waals surface area contributed by atoms with Gasteiger partial charge in [-0.15, -0.1) is 10.2 Å². The van der Waals surface area contributed by atoms with E-state index < -0.39 is 0 Å². The molecule has 1 fully saturated rings. The minimum absolute atomic E-state index is 0.721. The van der Waals surface area contributed by atoms with E-state index in [0.717, 1.165) is 32.1 Å². The standard InChI is InChI=1S/C15H27N5/c1-2-8-16-13-6-10-19(11-7-13)12-15-18-17-14-5-3-4-9-20(14)15/h13,16H,2-12H2,1H3. The third-order valence-electron chi connectivity index (χ3n) is 4.57. The van der Waals surface area contributed by atoms with Crippen LogP contribution < -0.4 is 5.32 Å². The second-order valence-electron chi connectivity index (χ2n) is 6.15. The molecular formula is C15H27N5. The summed E-state index contributed by atoms with van der Waals surface area (Å²) in [6, 6.07) is 0.721. The zero-order chi connectivity index (χ0) is 13.8. The molecule has 5 nitrogen and oxygen atoms in total. The van der Waals surface area contributed by atoms with E-state index in [9.17, 15) is 0 Å². The molecule has 112 valence electrons. The Labute approximate surface area is 121 Å². The van der Waals surface area contributed by atoms with Crippen molar-refractivity contribution in [3.63, 3.8) is 0 Å². The fraction of sp³-hybridized carbons (Fsp3) is 0.867. The van der Waals surface area contributed by atoms with Gasteiger partial charge in [0.1, 0.15) is 11.6 Å². The van der Waals surface area contributed by atoms with E-state index in [1.54, 1.807) is 0 Å². The van der Waals surface area contributed by atoms with Gasteiger partial charge in [0, 0.05) is 32.1 Å². The van der Waals surface area contributed by atoms with Crippen LogP contribution in [0.5, 0.6) is 0 Å². The topological polar surface area (TPSA) is 46.0 Å². The number of nitrogens with zero attached hydrogens (tertiary/aromatic N) is 4. The summed E-state index contributed by atoms with van der Waals surface area (Å²) >= 11 is 0. The maximum absolute atomic E-state index is 4.42. The fourth-order valence-electron chi connectivity index (χ4n) is 3.33. The largest absolute Gasteiger partial charge is 0.314 e. The summed E-state index contributed by atoms with van der Waals surface area (Å²) in [6.45, 7) is 7.85. The van der Waals surface area contributed by atoms with E-state index in [2.05, 4.69) is 31.9 Å². The lowest BCUT2D eigenvalue weighted by Crippen LogP contribution is -2.42. The molecule has 0 unspecified atom stereocenters. The lowest BCUT2D eigenvalue weighted by molar-refractivity contribution is 0.184. The number of piperidine rings is 1. The van der Waals surface area contributed by atoms with Gasteiger partial charge in [0.2, 0.25) is 0 Å². The molecule has 3 rings (SSSR count). The van der Waals surface area contributed by atoms with Crippen molar-refractivity contribution in [1.29, 1.82) is 0 Å². The van der Waals surface area contributed by atoms with Gasteiger partial charge in [-0.1, -0.05) is 6.92 Å². The van der Waals surface area contributed by atoms with Crippen LogP contribution in [0.1, 0.15) is 50.7 Å². The molecule has 0 radical (unpaired) electrons. The molecule has 0 saturated carbocycles. The second-order valence-corrected chi connectivity index (χ2v) is 6.15. The van der Waals surface area contributed by atoms with Crippen molar-refractivity contribution in [3.05, 3.63) is 11.6 Å². The first-order chi connectivity index (χ1) is 9.86. The van der Waals surface area contributed by atoms with Gasteiger partial charge in [-0.3, -0.25) is 4.90 Å². The van der Waals surface area contributed by atoms with Gasteiger partial charge in [0.15, 0.2) is 0 Å². The van der Waals surface area contributed by atoms with Gasteiger partial charge in [0.25, 0.3) is 0 Å². The SMILES string of the molecule is CCCNC1CCN(Cc2nnc3n2CCCC3)CC1. The molecule has 3 heterocycles. The summed E-state index contributed by atoms with van der Waals surface area (Å²) in [6.07, 6.45) is 7.41. The van der Waals surface area contributed by atoms with Crippen LogP contribution in [0.4, 0.5) is 0 Å². The number of aromatic nitrogens is 3. The molecule has 2 aliphatic rings. The van der Waals surface area contributed by atoms with Crippen LogP contribution in [0.2, 0.25) is 0 Å². The van der Waals surface area contributed by atoms with Crippen LogP contribution in [0, 0.1) is 0 Å². The van der Waals surface area contributed by atoms with Crippen LogP contribution in [0.25, 0.3) is 0 Å². The van der Waals surface area contributed by atoms with E-state index in [4.69, 9.17) is 0 Å². The maximum atomic E-state index is 4.42. The molecule has 1 saturated heterocycles. The van der Waals surface area contributed by atoms with E-state index >= 15 is 0 Å². The van der Waals surface area contributed by atoms with Crippen LogP contribution in [-0.2, 0) is 19.5 Å². The number of nitrogens with one attached hydrogen (secondary N) is 1. The smallest absolute Gasteiger partial charge is 0.147 e. The highest BCUT2D eigenvalue weighted by molar-refractivity contribution is 4.99. The zero-order valence-corrected chi connectivity index (χ0v) is 12.6. The van der Waals surface area contributed by atoms with Gasteiger partial charge in [0.05, 0.1) is 6.54 Å². The van der Waals surface area contributed by atoms with Gasteiger partial charge >= 0.3 is 0 Å². The molecule has 20 heavy (non-hydrogen) atoms. The highest BCUT2D eigenvalue weighted by atomic mass is 15.3. The van der Waals surface area contributed by atoms with Gasteiger partial charge in [-0.2, -0.15) is 0 Å². The summed E-state index contributed by atoms with van der Waals surface area (Å²) < 4.78 is 2.35. The van der Waals surface area contributed by atoms with E-state index in [1.165, 1.54) is 56.8 Å². The average Bonchev–Trinajstić information content (AvgIpc) is 2.90. The Morgan fingerprint density at radius 1 is 1.15 bits per heavy atom. The highest BCUT2D eigenvalue weighted by Gasteiger charge is 2.22. The average molecular weight is 277 g/mol. The quantitative estimate of drug-likeness (QED) is 0.887. The van der Waals surface area contributed by atoms with Crippen LogP contribution >= 0.6 is 0 Å². The molecule has 1 aromatic rings. The first-order valence-electron chi connectivity index (χ1n) is 8.23. The normalized spacial score (nSPS) is 21.1. The Kier molecular flexibility index (Phi) is 4.68. The Balaban J connectivity index is 1.51. The number of fused-ring (bicyclic) bond motifs is 1. The Hall–Kier alpha value is -0.940. The van der Waals surface area contributed by atoms with Crippen molar-refractivity contribution in [1.82, 2.24) is 25.0 Å². The number of rotatable bonds is 5. The molecule has 1 aromatic heterocycles. The number of aryl methyl sites for hydroxylation is 1. The molecule has 0 spiro atoms. The molecule has 5 heteroatoms. The maximum Gasteiger partial charge on any atom is 0.147 e. The van der Waals surface area contributed by atoms with Crippen molar-refractivity contribution in [2.75, 3.05) is 19.6 Å². The van der Waals surface area contributed by atoms with Crippen molar-refractivity contribution >= 4 is 0 Å². The van der Waals surface area contributed by atoms with E-state index in [-0.39, 0.29) is 0 Å². The number of likely N-dealkylation sites (tertiary alicyclic amines) is 1. The molecule has 0 atom stereocenters. The molecular weight excluding hydrogens is 250 g/mol. The van der Waals surface area contributed by atoms with Crippen molar-refractivity contribution in [3.8, 4) is 0 Å². The van der Waals surface area contributed by atoms with Crippen LogP contribution in [-0.4, -0.2) is 45.3 Å². The van der Waals surface area contributed by atoms with Crippen molar-refractivity contribution in [2.24, 2.45) is 0 Å². The molecule has 1 N–H and O–H groups in total. The van der Waals surface area contributed by atoms with E-state index in [1.807, 2.05) is 0 Å². The first-order valence-corrected chi connectivity index (χ1v) is 8.23. The van der Waals surface area contributed by atoms with Crippen molar-refractivity contribution in [2.45, 2.75) is 64.6 Å². The third-order valence-corrected chi connectivity index (χ3v) is 4.57. The fourth-order valence-corrected chi connectivity index (χ4v) is 3.33. The molecule has 0 amide bonds. The predicted octanol–water partition coefficient (Wildman–Crippen LogP) is 1.58. The Morgan fingerprint density at radius 2 is 2.00 bits per heavy atom. The molecule has 0 bridgehead atoms. The summed E-state index contributed by atoms with van der Waals surface area (Å²) in [5.74, 6) is 2.38. The minimum Gasteiger partial charge on any atom is -0.314 e. The summed E-state index contributed by atoms with van der Waals surface area (Å²) in [4.78, 5) is 2.54. The lowest BCUT2D eigenvalue weighted by atomic mass is 10.0. The van der Waals surface area contributed by atoms with Crippen LogP contribution in [0.3, 0.4) is 0 Å². The Bertz CT molecular complexity index is 420. The number of hydrogen-bond donors (Lipinski definition) is 1. The monoisotopic (exact) mass is 277 g/mol. The van der Waals surface area contributed by atoms with Gasteiger partial charge in [-0.05, 0) is 38.6 Å². The lowest BCUT2D eigenvalue weighted by Gasteiger charge is -2.32. The Morgan fingerprint density at radius 3 is 2.80 bits per heavy atom. The number of hydrogen-bond acceptors (Lipinski definition) is 4. The second kappa shape index (κ2) is 6.68. The van der Waals surface area contributed by atoms with Gasteiger partial charge in [-0.25, -0.2) is 0 Å². The highest BCUT2D eigenvalue weighted by Crippen LogP contribution is 2.17.